The minimum absolute atomic E-state index is 0.164. The van der Waals surface area contributed by atoms with Crippen molar-refractivity contribution in [3.63, 3.8) is 0 Å². The van der Waals surface area contributed by atoms with Crippen LogP contribution in [0.1, 0.15) is 22.3 Å². The molecular formula is C24H27N3O2S. The highest BCUT2D eigenvalue weighted by Crippen LogP contribution is 2.31. The Bertz CT molecular complexity index is 1040. The van der Waals surface area contributed by atoms with Crippen LogP contribution in [0.4, 0.5) is 5.69 Å². The van der Waals surface area contributed by atoms with Gasteiger partial charge in [-0.05, 0) is 53.8 Å². The number of fused-ring (bicyclic) bond motifs is 2. The summed E-state index contributed by atoms with van der Waals surface area (Å²) in [5.41, 5.74) is 3.25. The van der Waals surface area contributed by atoms with Crippen LogP contribution in [0.3, 0.4) is 0 Å². The zero-order chi connectivity index (χ0) is 20.3. The van der Waals surface area contributed by atoms with Gasteiger partial charge in [0.2, 0.25) is 0 Å². The number of piperazine rings is 1. The quantitative estimate of drug-likeness (QED) is 0.614. The maximum atomic E-state index is 11.9. The molecule has 1 aromatic heterocycles. The summed E-state index contributed by atoms with van der Waals surface area (Å²) in [6.45, 7) is 7.25. The molecule has 3 heterocycles. The molecule has 0 amide bonds. The Morgan fingerprint density at radius 2 is 1.93 bits per heavy atom. The number of ether oxygens (including phenoxy) is 1. The second kappa shape index (κ2) is 8.76. The fraction of sp³-hybridized carbons (Fsp3) is 0.375. The fourth-order valence-corrected chi connectivity index (χ4v) is 5.24. The molecular weight excluding hydrogens is 394 g/mol. The number of nitrogens with zero attached hydrogens (tertiary/aromatic N) is 2. The summed E-state index contributed by atoms with van der Waals surface area (Å²) in [6, 6.07) is 14.7. The summed E-state index contributed by atoms with van der Waals surface area (Å²) in [5, 5.41) is 6.70. The van der Waals surface area contributed by atoms with E-state index in [1.807, 2.05) is 29.5 Å². The van der Waals surface area contributed by atoms with Gasteiger partial charge in [0.25, 0.3) is 0 Å². The Balaban J connectivity index is 1.08. The first-order chi connectivity index (χ1) is 14.8. The van der Waals surface area contributed by atoms with Crippen LogP contribution in [0, 0.1) is 0 Å². The molecule has 1 fully saturated rings. The smallest absolute Gasteiger partial charge is 0.176 e. The number of carbonyl (C=O) groups excluding carboxylic acids is 1. The molecule has 2 aromatic carbocycles. The van der Waals surface area contributed by atoms with Crippen LogP contribution in [0.5, 0.6) is 5.75 Å². The van der Waals surface area contributed by atoms with Gasteiger partial charge in [-0.1, -0.05) is 6.07 Å². The standard InChI is InChI=1S/C24H27N3O2S/c28-23-17-25-16-18-15-19(5-6-20(18)23)29-13-2-8-26-9-11-27(12-10-26)22-3-1-4-24-21(22)7-14-30-24/h1,3-7,14-15,25H,2,8-13,16-17H2. The summed E-state index contributed by atoms with van der Waals surface area (Å²) in [4.78, 5) is 16.9. The van der Waals surface area contributed by atoms with E-state index in [1.54, 1.807) is 0 Å². The second-order valence-corrected chi connectivity index (χ2v) is 8.93. The summed E-state index contributed by atoms with van der Waals surface area (Å²) in [6.07, 6.45) is 1.01. The molecule has 156 valence electrons. The van der Waals surface area contributed by atoms with Crippen LogP contribution in [0.2, 0.25) is 0 Å². The number of hydrogen-bond donors (Lipinski definition) is 1. The first-order valence-electron chi connectivity index (χ1n) is 10.7. The lowest BCUT2D eigenvalue weighted by atomic mass is 10.00. The Morgan fingerprint density at radius 1 is 1.03 bits per heavy atom. The van der Waals surface area contributed by atoms with Gasteiger partial charge >= 0.3 is 0 Å². The molecule has 0 spiro atoms. The van der Waals surface area contributed by atoms with E-state index in [-0.39, 0.29) is 5.78 Å². The van der Waals surface area contributed by atoms with Gasteiger partial charge in [0.15, 0.2) is 5.78 Å². The van der Waals surface area contributed by atoms with Crippen LogP contribution in [-0.4, -0.2) is 56.6 Å². The first kappa shape index (κ1) is 19.5. The van der Waals surface area contributed by atoms with Gasteiger partial charge in [0, 0.05) is 60.6 Å². The third kappa shape index (κ3) is 4.08. The van der Waals surface area contributed by atoms with E-state index in [0.717, 1.165) is 62.6 Å². The van der Waals surface area contributed by atoms with Crippen molar-refractivity contribution in [2.45, 2.75) is 13.0 Å². The number of ketones is 1. The van der Waals surface area contributed by atoms with E-state index in [9.17, 15) is 4.79 Å². The first-order valence-corrected chi connectivity index (χ1v) is 11.6. The van der Waals surface area contributed by atoms with E-state index in [0.29, 0.717) is 13.2 Å². The Hall–Kier alpha value is -2.41. The molecule has 0 radical (unpaired) electrons. The Labute approximate surface area is 181 Å². The topological polar surface area (TPSA) is 44.8 Å². The molecule has 1 N–H and O–H groups in total. The number of benzene rings is 2. The van der Waals surface area contributed by atoms with Gasteiger partial charge in [0.1, 0.15) is 5.75 Å². The van der Waals surface area contributed by atoms with Crippen LogP contribution < -0.4 is 15.0 Å². The second-order valence-electron chi connectivity index (χ2n) is 7.99. The molecule has 0 bridgehead atoms. The Kier molecular flexibility index (Phi) is 5.71. The normalized spacial score (nSPS) is 17.3. The Morgan fingerprint density at radius 3 is 2.83 bits per heavy atom. The number of thiophene rings is 1. The molecule has 5 nitrogen and oxygen atoms in total. The van der Waals surface area contributed by atoms with E-state index in [4.69, 9.17) is 4.74 Å². The lowest BCUT2D eigenvalue weighted by Gasteiger charge is -2.36. The molecule has 5 rings (SSSR count). The molecule has 1 saturated heterocycles. The third-order valence-corrected chi connectivity index (χ3v) is 6.93. The van der Waals surface area contributed by atoms with Gasteiger partial charge in [-0.25, -0.2) is 0 Å². The molecule has 6 heteroatoms. The minimum atomic E-state index is 0.164. The van der Waals surface area contributed by atoms with Crippen molar-refractivity contribution >= 4 is 32.9 Å². The molecule has 30 heavy (non-hydrogen) atoms. The van der Waals surface area contributed by atoms with Gasteiger partial charge < -0.3 is 15.0 Å². The SMILES string of the molecule is O=C1CNCc2cc(OCCCN3CCN(c4cccc5sccc45)CC3)ccc21. The lowest BCUT2D eigenvalue weighted by Crippen LogP contribution is -2.46. The maximum Gasteiger partial charge on any atom is 0.176 e. The van der Waals surface area contributed by atoms with E-state index in [2.05, 4.69) is 44.8 Å². The third-order valence-electron chi connectivity index (χ3n) is 6.05. The molecule has 2 aliphatic heterocycles. The van der Waals surface area contributed by atoms with Crippen molar-refractivity contribution < 1.29 is 9.53 Å². The number of nitrogens with one attached hydrogen (secondary N) is 1. The zero-order valence-electron chi connectivity index (χ0n) is 17.1. The van der Waals surface area contributed by atoms with Crippen molar-refractivity contribution in [2.75, 3.05) is 50.8 Å². The van der Waals surface area contributed by atoms with Crippen molar-refractivity contribution in [3.8, 4) is 5.75 Å². The monoisotopic (exact) mass is 421 g/mol. The van der Waals surface area contributed by atoms with Gasteiger partial charge in [-0.2, -0.15) is 0 Å². The highest BCUT2D eigenvalue weighted by atomic mass is 32.1. The summed E-state index contributed by atoms with van der Waals surface area (Å²) in [5.74, 6) is 1.02. The molecule has 0 unspecified atom stereocenters. The van der Waals surface area contributed by atoms with Crippen molar-refractivity contribution in [1.29, 1.82) is 0 Å². The van der Waals surface area contributed by atoms with Crippen LogP contribution >= 0.6 is 11.3 Å². The number of carbonyl (C=O) groups is 1. The number of Topliss-reactive ketones (excluding diaryl/α,β-unsaturated/α-hetero) is 1. The van der Waals surface area contributed by atoms with E-state index >= 15 is 0 Å². The van der Waals surface area contributed by atoms with Gasteiger partial charge in [-0.15, -0.1) is 11.3 Å². The number of anilines is 1. The largest absolute Gasteiger partial charge is 0.494 e. The highest BCUT2D eigenvalue weighted by Gasteiger charge is 2.19. The maximum absolute atomic E-state index is 11.9. The lowest BCUT2D eigenvalue weighted by molar-refractivity contribution is 0.0982. The number of rotatable bonds is 6. The minimum Gasteiger partial charge on any atom is -0.494 e. The van der Waals surface area contributed by atoms with Crippen LogP contribution in [0.25, 0.3) is 10.1 Å². The molecule has 0 atom stereocenters. The van der Waals surface area contributed by atoms with E-state index < -0.39 is 0 Å². The van der Waals surface area contributed by atoms with E-state index in [1.165, 1.54) is 15.8 Å². The van der Waals surface area contributed by atoms with Crippen LogP contribution in [-0.2, 0) is 6.54 Å². The molecule has 0 saturated carbocycles. The van der Waals surface area contributed by atoms with Gasteiger partial charge in [0.05, 0.1) is 13.2 Å². The molecule has 2 aliphatic rings. The average molecular weight is 422 g/mol. The summed E-state index contributed by atoms with van der Waals surface area (Å²) < 4.78 is 7.32. The van der Waals surface area contributed by atoms with Crippen molar-refractivity contribution in [1.82, 2.24) is 10.2 Å². The van der Waals surface area contributed by atoms with Crippen LogP contribution in [0.15, 0.2) is 47.8 Å². The number of hydrogen-bond acceptors (Lipinski definition) is 6. The van der Waals surface area contributed by atoms with Crippen molar-refractivity contribution in [2.24, 2.45) is 0 Å². The molecule has 3 aromatic rings. The predicted octanol–water partition coefficient (Wildman–Crippen LogP) is 3.78. The molecule has 0 aliphatic carbocycles. The predicted molar refractivity (Wildman–Crippen MR) is 123 cm³/mol. The highest BCUT2D eigenvalue weighted by molar-refractivity contribution is 7.17. The van der Waals surface area contributed by atoms with Crippen molar-refractivity contribution in [3.05, 3.63) is 59.0 Å². The zero-order valence-corrected chi connectivity index (χ0v) is 17.9. The average Bonchev–Trinajstić information content (AvgIpc) is 3.26. The van der Waals surface area contributed by atoms with Gasteiger partial charge in [-0.3, -0.25) is 9.69 Å². The fourth-order valence-electron chi connectivity index (χ4n) is 4.43. The summed E-state index contributed by atoms with van der Waals surface area (Å²) >= 11 is 1.81. The summed E-state index contributed by atoms with van der Waals surface area (Å²) in [7, 11) is 0.